The average molecular weight is 328 g/mol. The number of benzene rings is 1. The lowest BCUT2D eigenvalue weighted by atomic mass is 10.1. The molecule has 0 aliphatic carbocycles. The van der Waals surface area contributed by atoms with Gasteiger partial charge in [0.1, 0.15) is 17.0 Å². The largest absolute Gasteiger partial charge is 0.493 e. The molecule has 0 atom stereocenters. The molecule has 0 fully saturated rings. The van der Waals surface area contributed by atoms with E-state index in [-0.39, 0.29) is 12.2 Å². The number of aromatic nitrogens is 4. The van der Waals surface area contributed by atoms with Crippen LogP contribution in [0.1, 0.15) is 24.6 Å². The van der Waals surface area contributed by atoms with Gasteiger partial charge in [0, 0.05) is 7.05 Å². The molecule has 0 unspecified atom stereocenters. The lowest BCUT2D eigenvalue weighted by molar-refractivity contribution is 0.281. The minimum absolute atomic E-state index is 0.0989. The van der Waals surface area contributed by atoms with Crippen LogP contribution in [0.3, 0.4) is 0 Å². The third-order valence-corrected chi connectivity index (χ3v) is 3.81. The van der Waals surface area contributed by atoms with Crippen molar-refractivity contribution in [3.05, 3.63) is 39.8 Å². The lowest BCUT2D eigenvalue weighted by Gasteiger charge is -2.12. The summed E-state index contributed by atoms with van der Waals surface area (Å²) in [4.78, 5) is 19.8. The molecular weight excluding hydrogens is 308 g/mol. The summed E-state index contributed by atoms with van der Waals surface area (Å²) in [6.45, 7) is 4.26. The predicted octanol–water partition coefficient (Wildman–Crippen LogP) is 1.91. The molecule has 7 heteroatoms. The Morgan fingerprint density at radius 3 is 2.88 bits per heavy atom. The molecule has 3 rings (SSSR count). The van der Waals surface area contributed by atoms with Crippen molar-refractivity contribution in [2.75, 3.05) is 6.61 Å². The van der Waals surface area contributed by atoms with E-state index >= 15 is 0 Å². The Bertz CT molecular complexity index is 943. The highest BCUT2D eigenvalue weighted by Crippen LogP contribution is 2.29. The number of H-pyrrole nitrogens is 1. The highest BCUT2D eigenvalue weighted by atomic mass is 16.5. The van der Waals surface area contributed by atoms with Gasteiger partial charge in [-0.3, -0.25) is 4.79 Å². The van der Waals surface area contributed by atoms with E-state index < -0.39 is 0 Å². The number of aliphatic hydroxyl groups is 1. The second-order valence-electron chi connectivity index (χ2n) is 5.66. The number of nitrogens with one attached hydrogen (secondary N) is 1. The number of aryl methyl sites for hydroxylation is 2. The highest BCUT2D eigenvalue weighted by Gasteiger charge is 2.16. The van der Waals surface area contributed by atoms with E-state index in [9.17, 15) is 9.90 Å². The Morgan fingerprint density at radius 2 is 2.17 bits per heavy atom. The van der Waals surface area contributed by atoms with Crippen LogP contribution in [0.4, 0.5) is 0 Å². The number of hydrogen-bond donors (Lipinski definition) is 2. The molecular formula is C17H20N4O3. The van der Waals surface area contributed by atoms with E-state index in [0.717, 1.165) is 12.0 Å². The van der Waals surface area contributed by atoms with Crippen LogP contribution in [0.5, 0.6) is 5.75 Å². The van der Waals surface area contributed by atoms with Crippen molar-refractivity contribution in [1.29, 1.82) is 0 Å². The number of rotatable bonds is 5. The predicted molar refractivity (Wildman–Crippen MR) is 91.0 cm³/mol. The van der Waals surface area contributed by atoms with Gasteiger partial charge in [0.2, 0.25) is 0 Å². The fraction of sp³-hybridized carbons (Fsp3) is 0.353. The van der Waals surface area contributed by atoms with Crippen molar-refractivity contribution < 1.29 is 9.84 Å². The lowest BCUT2D eigenvalue weighted by Crippen LogP contribution is -2.11. The first-order valence-electron chi connectivity index (χ1n) is 7.85. The minimum Gasteiger partial charge on any atom is -0.493 e. The molecule has 1 aromatic carbocycles. The van der Waals surface area contributed by atoms with Crippen LogP contribution in [0.25, 0.3) is 22.4 Å². The van der Waals surface area contributed by atoms with E-state index in [2.05, 4.69) is 15.1 Å². The summed E-state index contributed by atoms with van der Waals surface area (Å²) < 4.78 is 7.35. The molecule has 0 aliphatic heterocycles. The third-order valence-electron chi connectivity index (χ3n) is 3.81. The summed E-state index contributed by atoms with van der Waals surface area (Å²) in [6.07, 6.45) is 0.866. The molecule has 7 nitrogen and oxygen atoms in total. The fourth-order valence-electron chi connectivity index (χ4n) is 2.67. The van der Waals surface area contributed by atoms with Crippen LogP contribution in [-0.2, 0) is 13.7 Å². The zero-order valence-electron chi connectivity index (χ0n) is 14.0. The first kappa shape index (κ1) is 16.2. The van der Waals surface area contributed by atoms with Crippen molar-refractivity contribution in [3.8, 4) is 17.1 Å². The summed E-state index contributed by atoms with van der Waals surface area (Å²) in [6, 6.07) is 5.35. The Morgan fingerprint density at radius 1 is 1.38 bits per heavy atom. The van der Waals surface area contributed by atoms with Crippen molar-refractivity contribution in [3.63, 3.8) is 0 Å². The van der Waals surface area contributed by atoms with E-state index in [1.54, 1.807) is 36.9 Å². The van der Waals surface area contributed by atoms with Gasteiger partial charge in [0.15, 0.2) is 5.65 Å². The zero-order valence-corrected chi connectivity index (χ0v) is 14.0. The van der Waals surface area contributed by atoms with Crippen molar-refractivity contribution >= 4 is 11.0 Å². The second kappa shape index (κ2) is 6.45. The quantitative estimate of drug-likeness (QED) is 0.746. The van der Waals surface area contributed by atoms with Gasteiger partial charge in [-0.15, -0.1) is 0 Å². The average Bonchev–Trinajstić information content (AvgIpc) is 2.87. The Hall–Kier alpha value is -2.67. The first-order valence-corrected chi connectivity index (χ1v) is 7.85. The topological polar surface area (TPSA) is 93.0 Å². The number of ether oxygens (including phenoxy) is 1. The smallest absolute Gasteiger partial charge is 0.262 e. The first-order chi connectivity index (χ1) is 11.5. The maximum Gasteiger partial charge on any atom is 0.262 e. The second-order valence-corrected chi connectivity index (χ2v) is 5.66. The van der Waals surface area contributed by atoms with Crippen LogP contribution < -0.4 is 10.3 Å². The SMILES string of the molecule is CCCOc1ccc(CO)cc1-c1nc2c(c(C)nn2C)c(=O)[nH]1. The van der Waals surface area contributed by atoms with E-state index in [1.165, 1.54) is 0 Å². The van der Waals surface area contributed by atoms with Gasteiger partial charge in [-0.1, -0.05) is 13.0 Å². The molecule has 3 aromatic rings. The Labute approximate surface area is 138 Å². The number of aromatic amines is 1. The van der Waals surface area contributed by atoms with Gasteiger partial charge in [0.05, 0.1) is 24.5 Å². The van der Waals surface area contributed by atoms with Crippen molar-refractivity contribution in [2.24, 2.45) is 7.05 Å². The van der Waals surface area contributed by atoms with Crippen LogP contribution in [0, 0.1) is 6.92 Å². The number of aliphatic hydroxyl groups excluding tert-OH is 1. The maximum atomic E-state index is 12.4. The normalized spacial score (nSPS) is 11.2. The standard InChI is InChI=1S/C17H20N4O3/c1-4-7-24-13-6-5-11(9-22)8-12(13)15-18-16-14(17(23)19-15)10(2)20-21(16)3/h5-6,8,22H,4,7,9H2,1-3H3,(H,18,19,23). The van der Waals surface area contributed by atoms with Crippen LogP contribution in [0.2, 0.25) is 0 Å². The van der Waals surface area contributed by atoms with E-state index in [0.29, 0.717) is 40.5 Å². The van der Waals surface area contributed by atoms with E-state index in [4.69, 9.17) is 4.74 Å². The van der Waals surface area contributed by atoms with E-state index in [1.807, 2.05) is 6.92 Å². The summed E-state index contributed by atoms with van der Waals surface area (Å²) in [7, 11) is 1.75. The molecule has 0 radical (unpaired) electrons. The molecule has 0 bridgehead atoms. The molecule has 0 aliphatic rings. The van der Waals surface area contributed by atoms with Crippen LogP contribution in [-0.4, -0.2) is 31.5 Å². The van der Waals surface area contributed by atoms with Gasteiger partial charge in [-0.05, 0) is 31.0 Å². The van der Waals surface area contributed by atoms with Gasteiger partial charge < -0.3 is 14.8 Å². The highest BCUT2D eigenvalue weighted by molar-refractivity contribution is 5.79. The summed E-state index contributed by atoms with van der Waals surface area (Å²) in [5.41, 5.74) is 2.28. The Balaban J connectivity index is 2.22. The zero-order chi connectivity index (χ0) is 17.3. The summed E-state index contributed by atoms with van der Waals surface area (Å²) in [5.74, 6) is 1.02. The molecule has 126 valence electrons. The van der Waals surface area contributed by atoms with Crippen LogP contribution >= 0.6 is 0 Å². The fourth-order valence-corrected chi connectivity index (χ4v) is 2.67. The van der Waals surface area contributed by atoms with Crippen molar-refractivity contribution in [2.45, 2.75) is 26.9 Å². The molecule has 0 spiro atoms. The van der Waals surface area contributed by atoms with Gasteiger partial charge in [0.25, 0.3) is 5.56 Å². The third kappa shape index (κ3) is 2.78. The summed E-state index contributed by atoms with van der Waals surface area (Å²) >= 11 is 0. The molecule has 24 heavy (non-hydrogen) atoms. The molecule has 2 aromatic heterocycles. The van der Waals surface area contributed by atoms with Gasteiger partial charge in [-0.25, -0.2) is 9.67 Å². The number of hydrogen-bond acceptors (Lipinski definition) is 5. The molecule has 0 saturated heterocycles. The van der Waals surface area contributed by atoms with Crippen LogP contribution in [0.15, 0.2) is 23.0 Å². The van der Waals surface area contributed by atoms with Gasteiger partial charge >= 0.3 is 0 Å². The maximum absolute atomic E-state index is 12.4. The van der Waals surface area contributed by atoms with Gasteiger partial charge in [-0.2, -0.15) is 5.10 Å². The minimum atomic E-state index is -0.239. The molecule has 2 heterocycles. The molecule has 2 N–H and O–H groups in total. The monoisotopic (exact) mass is 328 g/mol. The number of nitrogens with zero attached hydrogens (tertiary/aromatic N) is 3. The molecule has 0 saturated carbocycles. The Kier molecular flexibility index (Phi) is 4.35. The molecule has 0 amide bonds. The van der Waals surface area contributed by atoms with Crippen molar-refractivity contribution in [1.82, 2.24) is 19.7 Å². The number of fused-ring (bicyclic) bond motifs is 1. The summed E-state index contributed by atoms with van der Waals surface area (Å²) in [5, 5.41) is 14.1.